The maximum absolute atomic E-state index is 12.7. The number of benzene rings is 2. The molecule has 1 N–H and O–H groups in total. The van der Waals surface area contributed by atoms with Crippen LogP contribution in [0.3, 0.4) is 0 Å². The third-order valence-corrected chi connectivity index (χ3v) is 7.23. The van der Waals surface area contributed by atoms with E-state index in [2.05, 4.69) is 29.6 Å². The highest BCUT2D eigenvalue weighted by Crippen LogP contribution is 2.44. The van der Waals surface area contributed by atoms with E-state index in [9.17, 15) is 4.79 Å². The summed E-state index contributed by atoms with van der Waals surface area (Å²) in [6, 6.07) is 18.4. The largest absolute Gasteiger partial charge is 0.492 e. The molecular formula is C28H30BNO5. The van der Waals surface area contributed by atoms with Gasteiger partial charge in [-0.1, -0.05) is 54.6 Å². The summed E-state index contributed by atoms with van der Waals surface area (Å²) in [5, 5.41) is 2.88. The van der Waals surface area contributed by atoms with E-state index >= 15 is 0 Å². The van der Waals surface area contributed by atoms with E-state index < -0.39 is 24.4 Å². The Kier molecular flexibility index (Phi) is 6.07. The molecule has 3 aromatic rings. The van der Waals surface area contributed by atoms with E-state index in [1.165, 1.54) is 22.3 Å². The number of hydrogen-bond donors (Lipinski definition) is 1. The van der Waals surface area contributed by atoms with Crippen LogP contribution in [0.4, 0.5) is 4.79 Å². The molecule has 6 nitrogen and oxygen atoms in total. The maximum atomic E-state index is 12.7. The SMILES string of the molecule is CC1(C)OB(C(=Cc2ccoc2)CNC(=O)OCC2c3ccccc3-c3ccccc32)OC1(C)C. The van der Waals surface area contributed by atoms with E-state index in [0.29, 0.717) is 0 Å². The summed E-state index contributed by atoms with van der Waals surface area (Å²) in [6.07, 6.45) is 4.67. The summed E-state index contributed by atoms with van der Waals surface area (Å²) in [6.45, 7) is 8.49. The van der Waals surface area contributed by atoms with Gasteiger partial charge in [0.15, 0.2) is 0 Å². The molecule has 2 heterocycles. The zero-order valence-electron chi connectivity index (χ0n) is 20.5. The Morgan fingerprint density at radius 1 is 0.971 bits per heavy atom. The van der Waals surface area contributed by atoms with Crippen molar-refractivity contribution in [1.82, 2.24) is 5.32 Å². The number of carbonyl (C=O) groups is 1. The van der Waals surface area contributed by atoms with Crippen LogP contribution >= 0.6 is 0 Å². The van der Waals surface area contributed by atoms with Crippen LogP contribution in [0.2, 0.25) is 0 Å². The second-order valence-electron chi connectivity index (χ2n) is 10.0. The predicted molar refractivity (Wildman–Crippen MR) is 136 cm³/mol. The molecule has 1 amide bonds. The second kappa shape index (κ2) is 9.06. The molecule has 1 aliphatic carbocycles. The first-order valence-corrected chi connectivity index (χ1v) is 11.9. The zero-order chi connectivity index (χ0) is 24.6. The van der Waals surface area contributed by atoms with Gasteiger partial charge in [-0.3, -0.25) is 0 Å². The Labute approximate surface area is 206 Å². The van der Waals surface area contributed by atoms with Crippen LogP contribution in [0.5, 0.6) is 0 Å². The summed E-state index contributed by atoms with van der Waals surface area (Å²) in [4.78, 5) is 12.7. The number of carbonyl (C=O) groups excluding carboxylic acids is 1. The van der Waals surface area contributed by atoms with Gasteiger partial charge in [0.25, 0.3) is 0 Å². The van der Waals surface area contributed by atoms with E-state index in [0.717, 1.165) is 11.0 Å². The van der Waals surface area contributed by atoms with E-state index in [1.807, 2.05) is 64.1 Å². The lowest BCUT2D eigenvalue weighted by atomic mass is 9.77. The first-order valence-electron chi connectivity index (χ1n) is 11.9. The van der Waals surface area contributed by atoms with Gasteiger partial charge in [0.1, 0.15) is 6.61 Å². The van der Waals surface area contributed by atoms with Crippen LogP contribution in [0, 0.1) is 0 Å². The summed E-state index contributed by atoms with van der Waals surface area (Å²) < 4.78 is 23.3. The number of alkyl carbamates (subject to hydrolysis) is 1. The van der Waals surface area contributed by atoms with Crippen molar-refractivity contribution in [2.24, 2.45) is 0 Å². The highest BCUT2D eigenvalue weighted by molar-refractivity contribution is 6.56. The number of fused-ring (bicyclic) bond motifs is 3. The zero-order valence-corrected chi connectivity index (χ0v) is 20.5. The van der Waals surface area contributed by atoms with Gasteiger partial charge in [-0.25, -0.2) is 4.79 Å². The fourth-order valence-corrected chi connectivity index (χ4v) is 4.59. The smallest absolute Gasteiger partial charge is 0.472 e. The Bertz CT molecular complexity index is 1190. The molecule has 5 rings (SSSR count). The molecular weight excluding hydrogens is 441 g/mol. The molecule has 0 atom stereocenters. The van der Waals surface area contributed by atoms with Gasteiger partial charge in [0, 0.05) is 18.0 Å². The van der Waals surface area contributed by atoms with Crippen LogP contribution in [0.1, 0.15) is 50.3 Å². The summed E-state index contributed by atoms with van der Waals surface area (Å²) >= 11 is 0. The third kappa shape index (κ3) is 4.54. The van der Waals surface area contributed by atoms with Crippen molar-refractivity contribution in [2.75, 3.05) is 13.2 Å². The minimum atomic E-state index is -0.594. The Balaban J connectivity index is 1.26. The Morgan fingerprint density at radius 3 is 2.14 bits per heavy atom. The molecule has 0 radical (unpaired) electrons. The first-order chi connectivity index (χ1) is 16.7. The third-order valence-electron chi connectivity index (χ3n) is 7.23. The molecule has 1 aromatic heterocycles. The standard InChI is InChI=1S/C28H30BNO5/c1-27(2)28(3,4)35-29(34-27)20(15-19-13-14-32-17-19)16-30-26(31)33-18-25-23-11-7-5-9-21(23)22-10-6-8-12-24(22)25/h5-15,17,25H,16,18H2,1-4H3,(H,30,31). The van der Waals surface area contributed by atoms with Crippen molar-refractivity contribution in [1.29, 1.82) is 0 Å². The molecule has 1 saturated heterocycles. The maximum Gasteiger partial charge on any atom is 0.492 e. The van der Waals surface area contributed by atoms with Crippen LogP contribution in [-0.2, 0) is 14.0 Å². The second-order valence-corrected chi connectivity index (χ2v) is 10.0. The summed E-state index contributed by atoms with van der Waals surface area (Å²) in [5.74, 6) is 0.0113. The van der Waals surface area contributed by atoms with Crippen molar-refractivity contribution >= 4 is 19.3 Å². The van der Waals surface area contributed by atoms with Crippen LogP contribution in [-0.4, -0.2) is 37.6 Å². The van der Waals surface area contributed by atoms with Crippen molar-refractivity contribution in [3.05, 3.63) is 89.3 Å². The molecule has 1 aliphatic heterocycles. The number of rotatable bonds is 6. The number of nitrogens with one attached hydrogen (secondary N) is 1. The number of furan rings is 1. The first kappa shape index (κ1) is 23.5. The van der Waals surface area contributed by atoms with Crippen molar-refractivity contribution in [2.45, 2.75) is 44.8 Å². The van der Waals surface area contributed by atoms with Crippen molar-refractivity contribution in [3.8, 4) is 11.1 Å². The lowest BCUT2D eigenvalue weighted by Gasteiger charge is -2.32. The van der Waals surface area contributed by atoms with E-state index in [1.54, 1.807) is 12.5 Å². The molecule has 2 aliphatic rings. The van der Waals surface area contributed by atoms with Crippen LogP contribution < -0.4 is 5.32 Å². The molecule has 0 bridgehead atoms. The number of hydrogen-bond acceptors (Lipinski definition) is 5. The Hall–Kier alpha value is -3.29. The van der Waals surface area contributed by atoms with Gasteiger partial charge in [0.05, 0.1) is 23.7 Å². The van der Waals surface area contributed by atoms with Gasteiger partial charge in [-0.2, -0.15) is 0 Å². The van der Waals surface area contributed by atoms with Gasteiger partial charge < -0.3 is 23.8 Å². The van der Waals surface area contributed by atoms with Gasteiger partial charge in [-0.05, 0) is 61.5 Å². The van der Waals surface area contributed by atoms with Crippen molar-refractivity contribution < 1.29 is 23.3 Å². The molecule has 2 aromatic carbocycles. The monoisotopic (exact) mass is 471 g/mol. The lowest BCUT2D eigenvalue weighted by Crippen LogP contribution is -2.41. The van der Waals surface area contributed by atoms with Gasteiger partial charge >= 0.3 is 13.2 Å². The van der Waals surface area contributed by atoms with E-state index in [4.69, 9.17) is 18.5 Å². The van der Waals surface area contributed by atoms with Gasteiger partial charge in [-0.15, -0.1) is 0 Å². The van der Waals surface area contributed by atoms with Crippen molar-refractivity contribution in [3.63, 3.8) is 0 Å². The minimum absolute atomic E-state index is 0.0113. The molecule has 0 saturated carbocycles. The fourth-order valence-electron chi connectivity index (χ4n) is 4.59. The molecule has 7 heteroatoms. The molecule has 0 spiro atoms. The minimum Gasteiger partial charge on any atom is -0.472 e. The molecule has 1 fully saturated rings. The average molecular weight is 471 g/mol. The highest BCUT2D eigenvalue weighted by atomic mass is 16.7. The van der Waals surface area contributed by atoms with Crippen LogP contribution in [0.25, 0.3) is 17.2 Å². The highest BCUT2D eigenvalue weighted by Gasteiger charge is 2.52. The number of ether oxygens (including phenoxy) is 1. The Morgan fingerprint density at radius 2 is 1.57 bits per heavy atom. The predicted octanol–water partition coefficient (Wildman–Crippen LogP) is 5.83. The molecule has 0 unspecified atom stereocenters. The van der Waals surface area contributed by atoms with Crippen LogP contribution in [0.15, 0.2) is 77.0 Å². The molecule has 180 valence electrons. The fraction of sp³-hybridized carbons (Fsp3) is 0.321. The topological polar surface area (TPSA) is 69.9 Å². The number of amides is 1. The van der Waals surface area contributed by atoms with Gasteiger partial charge in [0.2, 0.25) is 0 Å². The van der Waals surface area contributed by atoms with E-state index in [-0.39, 0.29) is 19.1 Å². The average Bonchev–Trinajstić information content (AvgIpc) is 3.50. The lowest BCUT2D eigenvalue weighted by molar-refractivity contribution is 0.00578. The summed E-state index contributed by atoms with van der Waals surface area (Å²) in [7, 11) is -0.594. The quantitative estimate of drug-likeness (QED) is 0.458. The summed E-state index contributed by atoms with van der Waals surface area (Å²) in [5.41, 5.74) is 5.42. The normalized spacial score (nSPS) is 18.3. The molecule has 35 heavy (non-hydrogen) atoms.